The van der Waals surface area contributed by atoms with E-state index in [2.05, 4.69) is 201 Å². The monoisotopic (exact) mass is 1980 g/mol. The third kappa shape index (κ3) is 20.7. The van der Waals surface area contributed by atoms with E-state index in [9.17, 15) is 17.6 Å². The molecule has 9 N–H and O–H groups in total. The lowest BCUT2D eigenvalue weighted by molar-refractivity contribution is 0.220. The number of aromatic amines is 8. The Morgan fingerprint density at radius 3 is 0.866 bits per heavy atom. The molecular formula is C117H110F4N28. The van der Waals surface area contributed by atoms with E-state index in [1.807, 2.05) is 106 Å². The quantitative estimate of drug-likeness (QED) is 0.0320. The fourth-order valence-corrected chi connectivity index (χ4v) is 19.3. The summed E-state index contributed by atoms with van der Waals surface area (Å²) < 4.78 is 58.1. The fourth-order valence-electron chi connectivity index (χ4n) is 19.3. The van der Waals surface area contributed by atoms with E-state index in [1.165, 1.54) is 67.5 Å². The van der Waals surface area contributed by atoms with Gasteiger partial charge in [-0.15, -0.1) is 0 Å². The van der Waals surface area contributed by atoms with Crippen LogP contribution in [0.15, 0.2) is 293 Å². The second-order valence-corrected chi connectivity index (χ2v) is 37.0. The van der Waals surface area contributed by atoms with Crippen molar-refractivity contribution >= 4 is 93.4 Å². The van der Waals surface area contributed by atoms with Crippen LogP contribution in [0.3, 0.4) is 0 Å². The van der Waals surface area contributed by atoms with Gasteiger partial charge in [0.1, 0.15) is 68.1 Å². The number of aromatic nitrogens is 24. The Morgan fingerprint density at radius 2 is 0.564 bits per heavy atom. The molecule has 149 heavy (non-hydrogen) atoms. The summed E-state index contributed by atoms with van der Waals surface area (Å²) in [6.45, 7) is 11.5. The molecule has 0 atom stereocenters. The number of imidazole rings is 4. The lowest BCUT2D eigenvalue weighted by atomic mass is 10.0. The van der Waals surface area contributed by atoms with Gasteiger partial charge in [-0.05, 0) is 216 Å². The molecule has 746 valence electrons. The molecule has 2 aliphatic heterocycles. The molecule has 0 spiro atoms. The largest absolute Gasteiger partial charge is 0.382 e. The van der Waals surface area contributed by atoms with Crippen molar-refractivity contribution in [2.45, 2.75) is 101 Å². The maximum absolute atomic E-state index is 14.6. The Balaban J connectivity index is 0.000000124. The number of H-pyrrole nitrogens is 8. The van der Waals surface area contributed by atoms with Crippen molar-refractivity contribution in [3.8, 4) is 135 Å². The van der Waals surface area contributed by atoms with Crippen LogP contribution in [0.1, 0.15) is 92.3 Å². The lowest BCUT2D eigenvalue weighted by Gasteiger charge is -2.26. The Morgan fingerprint density at radius 1 is 0.289 bits per heavy atom. The molecule has 0 saturated carbocycles. The first-order valence-electron chi connectivity index (χ1n) is 48.0. The van der Waals surface area contributed by atoms with Crippen LogP contribution >= 0.6 is 0 Å². The maximum Gasteiger partial charge on any atom is 0.159 e. The van der Waals surface area contributed by atoms with Crippen LogP contribution in [0.5, 0.6) is 0 Å². The van der Waals surface area contributed by atoms with E-state index in [1.54, 1.807) is 110 Å². The minimum Gasteiger partial charge on any atom is -0.382 e. The van der Waals surface area contributed by atoms with Crippen molar-refractivity contribution in [2.75, 3.05) is 45.6 Å². The molecule has 0 unspecified atom stereocenters. The lowest BCUT2D eigenvalue weighted by Crippen LogP contribution is -2.29. The molecule has 0 radical (unpaired) electrons. The van der Waals surface area contributed by atoms with Crippen LogP contribution in [-0.2, 0) is 19.6 Å². The molecular weight excluding hydrogens is 1870 g/mol. The average Bonchev–Trinajstić information content (AvgIpc) is 1.62. The highest BCUT2D eigenvalue weighted by Crippen LogP contribution is 2.42. The molecule has 0 aliphatic carbocycles. The van der Waals surface area contributed by atoms with Gasteiger partial charge in [-0.2, -0.15) is 20.4 Å². The fraction of sp³-hybridized carbons (Fsp3) is 0.179. The van der Waals surface area contributed by atoms with E-state index in [0.717, 1.165) is 156 Å². The summed E-state index contributed by atoms with van der Waals surface area (Å²) in [7, 11) is 4.08. The zero-order valence-electron chi connectivity index (χ0n) is 79.3. The average molecular weight is 1980 g/mol. The summed E-state index contributed by atoms with van der Waals surface area (Å²) in [6.07, 6.45) is 34.9. The highest BCUT2D eigenvalue weighted by molar-refractivity contribution is 6.03. The second kappa shape index (κ2) is 43.6. The van der Waals surface area contributed by atoms with Gasteiger partial charge in [0.2, 0.25) is 0 Å². The number of piperidine rings is 1. The number of halogens is 4. The van der Waals surface area contributed by atoms with Crippen molar-refractivity contribution in [2.24, 2.45) is 0 Å². The van der Waals surface area contributed by atoms with Gasteiger partial charge in [0.05, 0.1) is 74.6 Å². The number of nitrogens with zero attached hydrogens (tertiary/aromatic N) is 19. The number of fused-ring (bicyclic) bond motifs is 8. The normalized spacial score (nSPS) is 12.7. The van der Waals surface area contributed by atoms with E-state index in [0.29, 0.717) is 130 Å². The maximum atomic E-state index is 14.6. The molecule has 8 aromatic carbocycles. The molecule has 0 bridgehead atoms. The summed E-state index contributed by atoms with van der Waals surface area (Å²) in [6, 6.07) is 60.4. The minimum absolute atomic E-state index is 0. The van der Waals surface area contributed by atoms with Crippen LogP contribution in [-0.4, -0.2) is 182 Å². The Hall–Kier alpha value is -17.9. The van der Waals surface area contributed by atoms with Crippen LogP contribution in [0.2, 0.25) is 0 Å². The Bertz CT molecular complexity index is 8670. The van der Waals surface area contributed by atoms with Crippen molar-refractivity contribution in [1.82, 2.24) is 135 Å². The van der Waals surface area contributed by atoms with Crippen molar-refractivity contribution < 1.29 is 17.6 Å². The van der Waals surface area contributed by atoms with Gasteiger partial charge in [-0.25, -0.2) is 37.5 Å². The van der Waals surface area contributed by atoms with Crippen LogP contribution in [0, 0.1) is 23.3 Å². The Kier molecular flexibility index (Phi) is 29.2. The number of hydrogen-bond donors (Lipinski definition) is 9. The van der Waals surface area contributed by atoms with Crippen LogP contribution < -0.4 is 5.32 Å². The molecule has 0 amide bonds. The summed E-state index contributed by atoms with van der Waals surface area (Å²) in [5.74, 6) is 1.14. The van der Waals surface area contributed by atoms with Crippen LogP contribution in [0.4, 0.5) is 23.2 Å². The number of nitrogens with one attached hydrogen (secondary N) is 9. The SMILES string of the molecule is C.C.C.C.CC(C)Nc1cncc(-c2ccc3[nH]nc(-c4nc5c(-c6ccccc6F)cncc5[nH]4)c3c2)c1.CN(C)Cc1cncc(-c2ccc3[nH]nc(-c4nc5c(-c6ccccc6F)cncc5[nH]4)c3c2)c1.Fc1ccccc1-c1cncc2[nH]c(-c3n[nH]c4ccc(-c5cncc(CN6CCCC6)c5)cc34)nc12.Fc1ccccc1-c1cncc2[nH]c(-c3n[nH]c4ccc(-c5cncc(CN6CCCCC6)c5)cc34)nc12. The number of pyridine rings is 8. The first-order chi connectivity index (χ1) is 71.1. The highest BCUT2D eigenvalue weighted by atomic mass is 19.1. The van der Waals surface area contributed by atoms with Crippen molar-refractivity contribution in [3.05, 3.63) is 333 Å². The summed E-state index contributed by atoms with van der Waals surface area (Å²) in [4.78, 5) is 74.8. The van der Waals surface area contributed by atoms with Gasteiger partial charge in [-0.1, -0.05) is 133 Å². The highest BCUT2D eigenvalue weighted by Gasteiger charge is 2.26. The number of likely N-dealkylation sites (tertiary alicyclic amines) is 2. The van der Waals surface area contributed by atoms with Gasteiger partial charge in [0, 0.05) is 188 Å². The smallest absolute Gasteiger partial charge is 0.159 e. The molecule has 2 saturated heterocycles. The molecule has 32 heteroatoms. The number of hydrogen-bond acceptors (Lipinski definition) is 20. The third-order valence-electron chi connectivity index (χ3n) is 26.3. The van der Waals surface area contributed by atoms with Crippen molar-refractivity contribution in [1.29, 1.82) is 0 Å². The summed E-state index contributed by atoms with van der Waals surface area (Å²) >= 11 is 0. The molecule has 18 heterocycles. The topological polar surface area (TPSA) is 354 Å². The first-order valence-corrected chi connectivity index (χ1v) is 48.0. The number of rotatable bonds is 20. The standard InChI is InChI=1S/C30H26FN7.C29H24FN7.2C27H22FN7.4CH4/c31-25-7-3-2-6-22(25)24-16-33-17-27-28(24)35-30(34-27)29-23-13-20(8-9-26(23)36-37-29)21-12-19(14-32-15-21)18-38-10-4-1-5-11-38;30-24-6-2-1-5-21(24)23-15-32-16-26-27(23)34-29(33-26)28-22-12-19(7-8-25(22)35-36-28)20-11-18(13-31-14-20)17-37-9-3-4-10-37;1-35(2)15-16-9-18(12-29-11-16)17-7-8-23-20(10-17)26(34-33-23)27-31-24-14-30-13-21(25(24)32-27)19-5-3-4-6-22(19)28;1-15(2)31-18-9-17(11-29-12-18)16-7-8-23-20(10-16)26(35-34-23)27-32-24-14-30-13-21(25(24)33-27)19-5-3-4-6-22(19)28;;;;/h2-3,6-9,12-17H,1,4-5,10-11,18H2,(H,34,35)(H,36,37);1-2,5-8,11-16H,3-4,9-10,17H2,(H,33,34)(H,35,36);3-14H,15H2,1-2H3,(H,31,32)(H,33,34);3-15,31H,1-2H3,(H,32,33)(H,34,35);4*1H4. The minimum atomic E-state index is -0.316. The van der Waals surface area contributed by atoms with Gasteiger partial charge in [-0.3, -0.25) is 70.1 Å². The molecule has 16 aromatic heterocycles. The van der Waals surface area contributed by atoms with Gasteiger partial charge in [0.15, 0.2) is 23.3 Å². The third-order valence-corrected chi connectivity index (χ3v) is 26.3. The molecule has 2 fully saturated rings. The number of benzene rings is 8. The van der Waals surface area contributed by atoms with Crippen LogP contribution in [0.25, 0.3) is 223 Å². The van der Waals surface area contributed by atoms with E-state index < -0.39 is 0 Å². The molecule has 28 nitrogen and oxygen atoms in total. The predicted octanol–water partition coefficient (Wildman–Crippen LogP) is 26.5. The zero-order chi connectivity index (χ0) is 98.1. The Labute approximate surface area is 856 Å². The van der Waals surface area contributed by atoms with Crippen molar-refractivity contribution in [3.63, 3.8) is 0 Å². The van der Waals surface area contributed by atoms with Gasteiger partial charge < -0.3 is 30.2 Å². The summed E-state index contributed by atoms with van der Waals surface area (Å²) in [5.41, 5.74) is 29.2. The molecule has 24 aromatic rings. The molecule has 2 aliphatic rings. The van der Waals surface area contributed by atoms with E-state index >= 15 is 0 Å². The molecule has 26 rings (SSSR count). The summed E-state index contributed by atoms with van der Waals surface area (Å²) in [5, 5.41) is 37.8. The van der Waals surface area contributed by atoms with E-state index in [4.69, 9.17) is 19.9 Å². The number of anilines is 1. The van der Waals surface area contributed by atoms with Gasteiger partial charge >= 0.3 is 0 Å². The second-order valence-electron chi connectivity index (χ2n) is 37.0. The predicted molar refractivity (Wildman–Crippen MR) is 587 cm³/mol. The van der Waals surface area contributed by atoms with E-state index in [-0.39, 0.29) is 53.0 Å². The first kappa shape index (κ1) is 99.8. The van der Waals surface area contributed by atoms with Gasteiger partial charge in [0.25, 0.3) is 0 Å². The zero-order valence-corrected chi connectivity index (χ0v) is 79.3.